The summed E-state index contributed by atoms with van der Waals surface area (Å²) in [5, 5.41) is 20.5. The number of fused-ring (bicyclic) bond motifs is 3. The minimum atomic E-state index is -1.14. The van der Waals surface area contributed by atoms with Gasteiger partial charge in [-0.15, -0.1) is 22.7 Å². The second-order valence-electron chi connectivity index (χ2n) is 4.03. The van der Waals surface area contributed by atoms with Crippen LogP contribution in [0, 0.1) is 0 Å². The van der Waals surface area contributed by atoms with Crippen LogP contribution in [0.1, 0.15) is 9.67 Å². The molecule has 0 amide bonds. The van der Waals surface area contributed by atoms with E-state index in [1.54, 1.807) is 0 Å². The van der Waals surface area contributed by atoms with Crippen LogP contribution in [-0.2, 0) is 4.79 Å². The summed E-state index contributed by atoms with van der Waals surface area (Å²) in [6.45, 7) is -0.559. The predicted molar refractivity (Wildman–Crippen MR) is 76.4 cm³/mol. The molecule has 1 aromatic rings. The van der Waals surface area contributed by atoms with Crippen molar-refractivity contribution in [3.8, 4) is 16.2 Å². The average Bonchev–Trinajstić information content (AvgIpc) is 2.91. The van der Waals surface area contributed by atoms with Gasteiger partial charge in [-0.1, -0.05) is 12.1 Å². The molecule has 102 valence electrons. The number of rotatable bonds is 4. The molecular weight excluding hydrogens is 300 g/mol. The van der Waals surface area contributed by atoms with Crippen molar-refractivity contribution in [1.29, 1.82) is 0 Å². The largest absolute Gasteiger partial charge is 0.479 e. The van der Waals surface area contributed by atoms with Gasteiger partial charge in [0.15, 0.2) is 17.2 Å². The van der Waals surface area contributed by atoms with E-state index in [1.165, 1.54) is 11.3 Å². The Balaban J connectivity index is 2.24. The molecule has 0 bridgehead atoms. The molecule has 2 aliphatic rings. The van der Waals surface area contributed by atoms with Crippen molar-refractivity contribution in [2.45, 2.75) is 0 Å². The monoisotopic (exact) mass is 308 g/mol. The summed E-state index contributed by atoms with van der Waals surface area (Å²) in [4.78, 5) is 22.8. The average molecular weight is 308 g/mol. The Morgan fingerprint density at radius 1 is 1.30 bits per heavy atom. The minimum Gasteiger partial charge on any atom is -0.479 e. The molecule has 1 aliphatic carbocycles. The highest BCUT2D eigenvalue weighted by atomic mass is 32.1. The van der Waals surface area contributed by atoms with Gasteiger partial charge in [0.25, 0.3) is 0 Å². The zero-order valence-corrected chi connectivity index (χ0v) is 11.6. The van der Waals surface area contributed by atoms with Gasteiger partial charge in [-0.05, 0) is 17.0 Å². The van der Waals surface area contributed by atoms with Crippen LogP contribution in [0.15, 0.2) is 23.6 Å². The maximum Gasteiger partial charge on any atom is 0.349 e. The van der Waals surface area contributed by atoms with Gasteiger partial charge in [0.2, 0.25) is 0 Å². The molecule has 5 nitrogen and oxygen atoms in total. The molecule has 0 atom stereocenters. The van der Waals surface area contributed by atoms with Gasteiger partial charge in [-0.25, -0.2) is 9.59 Å². The van der Waals surface area contributed by atoms with Gasteiger partial charge in [-0.3, -0.25) is 0 Å². The summed E-state index contributed by atoms with van der Waals surface area (Å²) in [6.07, 6.45) is 0. The quantitative estimate of drug-likeness (QED) is 0.773. The number of carbonyl (C=O) groups is 2. The van der Waals surface area contributed by atoms with Gasteiger partial charge in [-0.2, -0.15) is 0 Å². The highest BCUT2D eigenvalue weighted by molar-refractivity contribution is 7.22. The molecule has 0 unspecified atom stereocenters. The Labute approximate surface area is 121 Å². The van der Waals surface area contributed by atoms with E-state index in [0.717, 1.165) is 26.5 Å². The van der Waals surface area contributed by atoms with Gasteiger partial charge in [0.05, 0.1) is 5.39 Å². The molecule has 0 saturated heterocycles. The Hall–Kier alpha value is -2.12. The minimum absolute atomic E-state index is 0.0363. The molecule has 3 rings (SSSR count). The van der Waals surface area contributed by atoms with E-state index in [9.17, 15) is 14.7 Å². The van der Waals surface area contributed by atoms with Gasteiger partial charge in [0.1, 0.15) is 0 Å². The van der Waals surface area contributed by atoms with E-state index in [2.05, 4.69) is 0 Å². The van der Waals surface area contributed by atoms with E-state index >= 15 is 0 Å². The lowest BCUT2D eigenvalue weighted by molar-refractivity contribution is -0.139. The Bertz CT molecular complexity index is 785. The molecule has 0 radical (unpaired) electrons. The Morgan fingerprint density at radius 3 is 2.80 bits per heavy atom. The predicted octanol–water partition coefficient (Wildman–Crippen LogP) is 3.23. The normalized spacial score (nSPS) is 11.0. The van der Waals surface area contributed by atoms with E-state index in [4.69, 9.17) is 9.84 Å². The van der Waals surface area contributed by atoms with Gasteiger partial charge in [0, 0.05) is 9.58 Å². The molecule has 0 saturated carbocycles. The SMILES string of the molecule is O=C(O)COc1c(C(=O)O)sc2cc3cccsc-3c12. The zero-order chi connectivity index (χ0) is 14.3. The fourth-order valence-corrected chi connectivity index (χ4v) is 4.00. The molecule has 1 aliphatic heterocycles. The number of hydrogen-bond donors (Lipinski definition) is 2. The van der Waals surface area contributed by atoms with Crippen molar-refractivity contribution in [3.63, 3.8) is 0 Å². The fourth-order valence-electron chi connectivity index (χ4n) is 2.01. The van der Waals surface area contributed by atoms with E-state index in [1.807, 2.05) is 23.6 Å². The lowest BCUT2D eigenvalue weighted by Crippen LogP contribution is -2.10. The van der Waals surface area contributed by atoms with E-state index in [0.29, 0.717) is 5.39 Å². The first-order valence-corrected chi connectivity index (χ1v) is 7.28. The van der Waals surface area contributed by atoms with E-state index in [-0.39, 0.29) is 10.6 Å². The summed E-state index contributed by atoms with van der Waals surface area (Å²) >= 11 is 2.57. The molecule has 7 heteroatoms. The number of aromatic carboxylic acids is 1. The second-order valence-corrected chi connectivity index (χ2v) is 6.00. The maximum absolute atomic E-state index is 11.3. The number of hydrogen-bond acceptors (Lipinski definition) is 5. The smallest absolute Gasteiger partial charge is 0.349 e. The van der Waals surface area contributed by atoms with Crippen LogP contribution in [0.4, 0.5) is 0 Å². The molecule has 0 aromatic carbocycles. The van der Waals surface area contributed by atoms with Crippen LogP contribution in [0.2, 0.25) is 0 Å². The summed E-state index contributed by atoms with van der Waals surface area (Å²) in [6, 6.07) is 5.73. The number of ether oxygens (including phenoxy) is 1. The fraction of sp³-hybridized carbons (Fsp3) is 0.0769. The maximum atomic E-state index is 11.3. The highest BCUT2D eigenvalue weighted by Crippen LogP contribution is 2.48. The van der Waals surface area contributed by atoms with Crippen LogP contribution >= 0.6 is 22.7 Å². The third-order valence-electron chi connectivity index (χ3n) is 2.74. The molecule has 20 heavy (non-hydrogen) atoms. The van der Waals surface area contributed by atoms with Crippen molar-refractivity contribution in [3.05, 3.63) is 28.5 Å². The van der Waals surface area contributed by atoms with Crippen molar-refractivity contribution < 1.29 is 24.5 Å². The lowest BCUT2D eigenvalue weighted by atomic mass is 10.2. The Morgan fingerprint density at radius 2 is 2.10 bits per heavy atom. The molecule has 0 fully saturated rings. The van der Waals surface area contributed by atoms with E-state index < -0.39 is 18.5 Å². The number of carboxylic acid groups (broad SMARTS) is 2. The van der Waals surface area contributed by atoms with Gasteiger partial charge >= 0.3 is 11.9 Å². The lowest BCUT2D eigenvalue weighted by Gasteiger charge is -2.04. The molecule has 0 spiro atoms. The molecular formula is C13H8O5S2. The second kappa shape index (κ2) is 4.77. The third kappa shape index (κ3) is 2.00. The number of carboxylic acids is 2. The molecule has 2 N–H and O–H groups in total. The summed E-state index contributed by atoms with van der Waals surface area (Å²) in [5.41, 5.74) is 0.996. The standard InChI is InChI=1S/C13H8O5S2/c14-8(15)5-18-10-9-7(20-12(10)13(16)17)4-6-2-1-3-19-11(6)9/h1-4H,5H2,(H,14,15)(H,16,17). The first-order valence-electron chi connectivity index (χ1n) is 5.58. The van der Waals surface area contributed by atoms with Gasteiger partial charge < -0.3 is 14.9 Å². The summed E-state index contributed by atoms with van der Waals surface area (Å²) < 4.78 is 6.01. The van der Waals surface area contributed by atoms with Crippen LogP contribution in [-0.4, -0.2) is 28.8 Å². The highest BCUT2D eigenvalue weighted by Gasteiger charge is 2.25. The third-order valence-corrected chi connectivity index (χ3v) is 4.82. The van der Waals surface area contributed by atoms with Crippen molar-refractivity contribution in [1.82, 2.24) is 0 Å². The first kappa shape index (κ1) is 12.9. The van der Waals surface area contributed by atoms with Crippen LogP contribution in [0.5, 0.6) is 5.75 Å². The van der Waals surface area contributed by atoms with Crippen molar-refractivity contribution >= 4 is 44.7 Å². The Kier molecular flexibility index (Phi) is 3.07. The van der Waals surface area contributed by atoms with Crippen molar-refractivity contribution in [2.24, 2.45) is 0 Å². The van der Waals surface area contributed by atoms with Crippen LogP contribution in [0.3, 0.4) is 0 Å². The van der Waals surface area contributed by atoms with Crippen LogP contribution < -0.4 is 4.74 Å². The van der Waals surface area contributed by atoms with Crippen molar-refractivity contribution in [2.75, 3.05) is 6.61 Å². The number of thiophene rings is 1. The summed E-state index contributed by atoms with van der Waals surface area (Å²) in [5.74, 6) is -2.10. The summed E-state index contributed by atoms with van der Waals surface area (Å²) in [7, 11) is 0. The molecule has 1 aromatic heterocycles. The zero-order valence-electron chi connectivity index (χ0n) is 9.95. The number of aliphatic carboxylic acids is 1. The topological polar surface area (TPSA) is 83.8 Å². The first-order chi connectivity index (χ1) is 9.58. The van der Waals surface area contributed by atoms with Crippen LogP contribution in [0.25, 0.3) is 20.5 Å². The molecule has 2 heterocycles.